The van der Waals surface area contributed by atoms with E-state index in [1.807, 2.05) is 92.8 Å². The molecule has 3 aliphatic heterocycles. The van der Waals surface area contributed by atoms with Crippen LogP contribution in [-0.4, -0.2) is 103 Å². The van der Waals surface area contributed by atoms with Crippen molar-refractivity contribution in [3.63, 3.8) is 0 Å². The Kier molecular flexibility index (Phi) is 18.6. The fourth-order valence-corrected chi connectivity index (χ4v) is 7.30. The summed E-state index contributed by atoms with van der Waals surface area (Å²) in [4.78, 5) is 51.3. The first-order chi connectivity index (χ1) is 25.9. The van der Waals surface area contributed by atoms with Gasteiger partial charge >= 0.3 is 31.2 Å². The average Bonchev–Trinajstić information content (AvgIpc) is 3.82. The van der Waals surface area contributed by atoms with Crippen LogP contribution in [0.25, 0.3) is 5.57 Å². The number of hydrogen-bond donors (Lipinski definition) is 0. The second-order valence-corrected chi connectivity index (χ2v) is 19.4. The molecule has 318 valence electrons. The van der Waals surface area contributed by atoms with Gasteiger partial charge in [0.1, 0.15) is 11.2 Å². The van der Waals surface area contributed by atoms with Gasteiger partial charge in [-0.2, -0.15) is 0 Å². The van der Waals surface area contributed by atoms with Crippen LogP contribution in [-0.2, 0) is 28.3 Å². The SMILES string of the molecule is C.CC(C)(C)OC(=O)N1CC=C(B2OC(C)(C)C(C)(C)O2)CC1.CCOC(=O)c1csc(Br)c1.CCOC(=O)c1csc(C2=CCN(C(=O)OC(C)(C)C)CC2)c1. The van der Waals surface area contributed by atoms with Gasteiger partial charge in [-0.05, 0) is 135 Å². The van der Waals surface area contributed by atoms with Gasteiger partial charge in [0.25, 0.3) is 0 Å². The van der Waals surface area contributed by atoms with Gasteiger partial charge < -0.3 is 38.1 Å². The molecule has 2 aromatic heterocycles. The maximum Gasteiger partial charge on any atom is 0.490 e. The molecule has 16 heteroatoms. The summed E-state index contributed by atoms with van der Waals surface area (Å²) in [6.07, 6.45) is 4.99. The summed E-state index contributed by atoms with van der Waals surface area (Å²) < 4.78 is 33.6. The Hall–Kier alpha value is -3.18. The summed E-state index contributed by atoms with van der Waals surface area (Å²) in [5, 5.41) is 3.58. The molecule has 0 N–H and O–H groups in total. The molecule has 1 saturated heterocycles. The summed E-state index contributed by atoms with van der Waals surface area (Å²) in [6.45, 7) is 26.1. The molecule has 12 nitrogen and oxygen atoms in total. The number of rotatable bonds is 6. The third-order valence-corrected chi connectivity index (χ3v) is 11.3. The molecule has 0 spiro atoms. The Morgan fingerprint density at radius 1 is 0.754 bits per heavy atom. The van der Waals surface area contributed by atoms with E-state index >= 15 is 0 Å². The fourth-order valence-electron chi connectivity index (χ4n) is 5.23. The van der Waals surface area contributed by atoms with Gasteiger partial charge in [0.15, 0.2) is 0 Å². The van der Waals surface area contributed by atoms with E-state index in [1.165, 1.54) is 22.7 Å². The second kappa shape index (κ2) is 21.2. The van der Waals surface area contributed by atoms with Gasteiger partial charge in [-0.3, -0.25) is 0 Å². The minimum Gasteiger partial charge on any atom is -0.462 e. The predicted molar refractivity (Wildman–Crippen MR) is 232 cm³/mol. The Labute approximate surface area is 356 Å². The molecule has 2 amide bonds. The van der Waals surface area contributed by atoms with E-state index in [0.717, 1.165) is 32.6 Å². The molecular formula is C41H62BBrN2O10S2. The third kappa shape index (κ3) is 15.5. The lowest BCUT2D eigenvalue weighted by Crippen LogP contribution is -2.41. The Bertz CT molecular complexity index is 1720. The van der Waals surface area contributed by atoms with Crippen LogP contribution in [0.15, 0.2) is 44.3 Å². The molecule has 0 radical (unpaired) electrons. The molecule has 2 aromatic rings. The number of ether oxygens (including phenoxy) is 4. The number of amides is 2. The standard InChI is InChI=1S/C17H23NO4S.C16H28BNO4.C7H7BrO2S.CH4/c1-5-21-15(19)13-10-14(23-11-13)12-6-8-18(9-7-12)16(20)22-17(2,3)4;1-14(2,3)20-13(19)18-10-8-12(9-11-18)17-21-15(4,5)16(6,7)22-17;1-2-10-7(9)5-3-6(8)11-4-5;/h6,10-11H,5,7-9H2,1-4H3;8H,9-11H2,1-7H3;3-4H,2H2,1H3;1H4. The molecule has 0 atom stereocenters. The van der Waals surface area contributed by atoms with Crippen molar-refractivity contribution < 1.29 is 47.4 Å². The van der Waals surface area contributed by atoms with Crippen LogP contribution in [0.5, 0.6) is 0 Å². The van der Waals surface area contributed by atoms with Crippen LogP contribution < -0.4 is 0 Å². The number of nitrogens with zero attached hydrogens (tertiary/aromatic N) is 2. The van der Waals surface area contributed by atoms with Crippen LogP contribution >= 0.6 is 38.6 Å². The molecule has 0 saturated carbocycles. The number of thiophene rings is 2. The van der Waals surface area contributed by atoms with Crippen molar-refractivity contribution in [2.75, 3.05) is 39.4 Å². The van der Waals surface area contributed by atoms with Gasteiger partial charge in [0.05, 0.1) is 39.3 Å². The molecule has 5 heterocycles. The third-order valence-electron chi connectivity index (χ3n) is 8.82. The summed E-state index contributed by atoms with van der Waals surface area (Å²) in [5.41, 5.74) is 1.85. The van der Waals surface area contributed by atoms with Crippen molar-refractivity contribution in [1.29, 1.82) is 0 Å². The number of hydrogen-bond acceptors (Lipinski definition) is 12. The summed E-state index contributed by atoms with van der Waals surface area (Å²) >= 11 is 6.26. The Morgan fingerprint density at radius 3 is 1.60 bits per heavy atom. The maximum atomic E-state index is 12.1. The zero-order chi connectivity index (χ0) is 42.1. The molecule has 0 aromatic carbocycles. The Balaban J connectivity index is 0.000000310. The molecule has 5 rings (SSSR count). The van der Waals surface area contributed by atoms with Crippen molar-refractivity contribution in [3.8, 4) is 0 Å². The molecule has 0 aliphatic carbocycles. The van der Waals surface area contributed by atoms with Crippen LogP contribution in [0.3, 0.4) is 0 Å². The molecule has 3 aliphatic rings. The van der Waals surface area contributed by atoms with E-state index in [1.54, 1.807) is 35.1 Å². The molecule has 1 fully saturated rings. The van der Waals surface area contributed by atoms with E-state index < -0.39 is 11.2 Å². The van der Waals surface area contributed by atoms with Gasteiger partial charge in [0, 0.05) is 41.8 Å². The van der Waals surface area contributed by atoms with Gasteiger partial charge in [-0.15, -0.1) is 22.7 Å². The zero-order valence-electron chi connectivity index (χ0n) is 34.9. The largest absolute Gasteiger partial charge is 0.490 e. The highest BCUT2D eigenvalue weighted by atomic mass is 79.9. The molecular weight excluding hydrogens is 835 g/mol. The molecule has 0 bridgehead atoms. The van der Waals surface area contributed by atoms with Gasteiger partial charge in [-0.25, -0.2) is 19.2 Å². The van der Waals surface area contributed by atoms with Crippen molar-refractivity contribution in [2.24, 2.45) is 0 Å². The van der Waals surface area contributed by atoms with Crippen LogP contribution in [0.1, 0.15) is 129 Å². The number of esters is 2. The number of carbonyl (C=O) groups is 4. The first kappa shape index (κ1) is 50.0. The minimum atomic E-state index is -0.483. The number of carbonyl (C=O) groups excluding carboxylic acids is 4. The lowest BCUT2D eigenvalue weighted by Gasteiger charge is -2.32. The fraction of sp³-hybridized carbons (Fsp3) is 0.610. The van der Waals surface area contributed by atoms with Crippen molar-refractivity contribution in [2.45, 2.75) is 126 Å². The van der Waals surface area contributed by atoms with Crippen LogP contribution in [0.2, 0.25) is 0 Å². The highest BCUT2D eigenvalue weighted by molar-refractivity contribution is 9.11. The van der Waals surface area contributed by atoms with Gasteiger partial charge in [0.2, 0.25) is 0 Å². The normalized spacial score (nSPS) is 17.3. The quantitative estimate of drug-likeness (QED) is 0.157. The van der Waals surface area contributed by atoms with Crippen molar-refractivity contribution >= 4 is 75.4 Å². The van der Waals surface area contributed by atoms with Gasteiger partial charge in [-0.1, -0.05) is 19.6 Å². The minimum absolute atomic E-state index is 0. The van der Waals surface area contributed by atoms with E-state index in [9.17, 15) is 19.2 Å². The first-order valence-corrected chi connectivity index (χ1v) is 21.4. The second-order valence-electron chi connectivity index (χ2n) is 16.2. The Morgan fingerprint density at radius 2 is 1.21 bits per heavy atom. The lowest BCUT2D eigenvalue weighted by atomic mass is 9.75. The number of halogens is 1. The summed E-state index contributed by atoms with van der Waals surface area (Å²) in [6, 6.07) is 3.61. The van der Waals surface area contributed by atoms with Crippen molar-refractivity contribution in [3.05, 3.63) is 60.3 Å². The summed E-state index contributed by atoms with van der Waals surface area (Å²) in [7, 11) is -0.314. The zero-order valence-corrected chi connectivity index (χ0v) is 38.1. The highest BCUT2D eigenvalue weighted by Gasteiger charge is 2.52. The van der Waals surface area contributed by atoms with Crippen molar-refractivity contribution in [1.82, 2.24) is 9.80 Å². The molecule has 0 unspecified atom stereocenters. The summed E-state index contributed by atoms with van der Waals surface area (Å²) in [5.74, 6) is -0.545. The van der Waals surface area contributed by atoms with E-state index in [0.29, 0.717) is 50.5 Å². The van der Waals surface area contributed by atoms with Crippen LogP contribution in [0.4, 0.5) is 9.59 Å². The predicted octanol–water partition coefficient (Wildman–Crippen LogP) is 10.5. The van der Waals surface area contributed by atoms with Crippen LogP contribution in [0, 0.1) is 0 Å². The first-order valence-electron chi connectivity index (χ1n) is 18.8. The van der Waals surface area contributed by atoms with E-state index in [2.05, 4.69) is 15.9 Å². The van der Waals surface area contributed by atoms with E-state index in [4.69, 9.17) is 28.3 Å². The highest BCUT2D eigenvalue weighted by Crippen LogP contribution is 2.39. The monoisotopic (exact) mass is 896 g/mol. The topological polar surface area (TPSA) is 130 Å². The maximum absolute atomic E-state index is 12.1. The lowest BCUT2D eigenvalue weighted by molar-refractivity contribution is 0.00578. The smallest absolute Gasteiger partial charge is 0.462 e. The average molecular weight is 898 g/mol. The van der Waals surface area contributed by atoms with E-state index in [-0.39, 0.29) is 49.9 Å². The molecule has 57 heavy (non-hydrogen) atoms.